The van der Waals surface area contributed by atoms with Gasteiger partial charge >= 0.3 is 0 Å². The van der Waals surface area contributed by atoms with Crippen LogP contribution in [0.5, 0.6) is 0 Å². The van der Waals surface area contributed by atoms with Crippen molar-refractivity contribution in [1.82, 2.24) is 19.9 Å². The van der Waals surface area contributed by atoms with E-state index in [4.69, 9.17) is 5.73 Å². The third kappa shape index (κ3) is 4.45. The van der Waals surface area contributed by atoms with Gasteiger partial charge in [-0.2, -0.15) is 4.98 Å². The summed E-state index contributed by atoms with van der Waals surface area (Å²) in [5.74, 6) is 0.836. The van der Waals surface area contributed by atoms with Gasteiger partial charge in [0.2, 0.25) is 5.95 Å². The zero-order chi connectivity index (χ0) is 15.2. The van der Waals surface area contributed by atoms with Gasteiger partial charge in [-0.1, -0.05) is 13.3 Å². The lowest BCUT2D eigenvalue weighted by atomic mass is 10.2. The van der Waals surface area contributed by atoms with E-state index in [1.807, 2.05) is 13.8 Å². The zero-order valence-corrected chi connectivity index (χ0v) is 12.8. The van der Waals surface area contributed by atoms with Crippen LogP contribution >= 0.6 is 11.8 Å². The van der Waals surface area contributed by atoms with E-state index in [0.29, 0.717) is 16.0 Å². The molecule has 8 heteroatoms. The molecule has 0 saturated carbocycles. The van der Waals surface area contributed by atoms with Gasteiger partial charge in [-0.15, -0.1) is 0 Å². The Labute approximate surface area is 126 Å². The summed E-state index contributed by atoms with van der Waals surface area (Å²) in [7, 11) is 0. The summed E-state index contributed by atoms with van der Waals surface area (Å²) in [5.41, 5.74) is 6.30. The number of nitrogens with one attached hydrogen (secondary N) is 2. The van der Waals surface area contributed by atoms with Gasteiger partial charge in [0.05, 0.1) is 0 Å². The van der Waals surface area contributed by atoms with E-state index in [2.05, 4.69) is 25.3 Å². The summed E-state index contributed by atoms with van der Waals surface area (Å²) in [6, 6.07) is 3.29. The minimum atomic E-state index is -0.162. The van der Waals surface area contributed by atoms with Crippen LogP contribution in [0.15, 0.2) is 27.1 Å². The molecular weight excluding hydrogens is 288 g/mol. The fourth-order valence-corrected chi connectivity index (χ4v) is 2.60. The minimum Gasteiger partial charge on any atom is -0.370 e. The van der Waals surface area contributed by atoms with Gasteiger partial charge in [-0.25, -0.2) is 9.97 Å². The number of aromatic amines is 1. The SMILES string of the molecule is CCCc1cc(=O)[nH]c(Sc2cc(NCC)nc(N)n2)n1. The van der Waals surface area contributed by atoms with E-state index in [1.54, 1.807) is 6.07 Å². The number of hydrogen-bond donors (Lipinski definition) is 3. The highest BCUT2D eigenvalue weighted by Crippen LogP contribution is 2.24. The molecule has 0 aliphatic heterocycles. The van der Waals surface area contributed by atoms with E-state index in [0.717, 1.165) is 25.1 Å². The molecule has 0 aliphatic carbocycles. The molecule has 2 aromatic heterocycles. The fraction of sp³-hybridized carbons (Fsp3) is 0.385. The number of anilines is 2. The summed E-state index contributed by atoms with van der Waals surface area (Å²) >= 11 is 1.26. The Kier molecular flexibility index (Phi) is 5.15. The molecule has 0 fully saturated rings. The molecule has 7 nitrogen and oxygen atoms in total. The Morgan fingerprint density at radius 2 is 2.10 bits per heavy atom. The number of aromatic nitrogens is 4. The molecule has 0 aliphatic rings. The van der Waals surface area contributed by atoms with E-state index in [-0.39, 0.29) is 11.5 Å². The van der Waals surface area contributed by atoms with Crippen molar-refractivity contribution in [2.75, 3.05) is 17.6 Å². The van der Waals surface area contributed by atoms with Gasteiger partial charge in [-0.3, -0.25) is 4.79 Å². The van der Waals surface area contributed by atoms with Crippen LogP contribution in [-0.4, -0.2) is 26.5 Å². The van der Waals surface area contributed by atoms with E-state index in [9.17, 15) is 4.79 Å². The Bertz CT molecular complexity index is 672. The van der Waals surface area contributed by atoms with Crippen molar-refractivity contribution in [2.45, 2.75) is 36.9 Å². The second kappa shape index (κ2) is 7.07. The summed E-state index contributed by atoms with van der Waals surface area (Å²) in [5, 5.41) is 4.22. The van der Waals surface area contributed by atoms with Crippen LogP contribution in [0.25, 0.3) is 0 Å². The summed E-state index contributed by atoms with van der Waals surface area (Å²) in [6.07, 6.45) is 1.71. The first-order valence-electron chi connectivity index (χ1n) is 6.77. The largest absolute Gasteiger partial charge is 0.370 e. The van der Waals surface area contributed by atoms with Gasteiger partial charge in [0, 0.05) is 24.4 Å². The van der Waals surface area contributed by atoms with Crippen LogP contribution in [0.2, 0.25) is 0 Å². The third-order valence-electron chi connectivity index (χ3n) is 2.56. The van der Waals surface area contributed by atoms with E-state index in [1.165, 1.54) is 17.8 Å². The molecule has 0 bridgehead atoms. The lowest BCUT2D eigenvalue weighted by molar-refractivity contribution is 0.815. The normalized spacial score (nSPS) is 10.6. The molecule has 0 aromatic carbocycles. The topological polar surface area (TPSA) is 110 Å². The first-order valence-corrected chi connectivity index (χ1v) is 7.59. The summed E-state index contributed by atoms with van der Waals surface area (Å²) in [6.45, 7) is 4.75. The number of nitrogens with zero attached hydrogens (tertiary/aromatic N) is 3. The molecular formula is C13H18N6OS. The van der Waals surface area contributed by atoms with Gasteiger partial charge in [0.25, 0.3) is 5.56 Å². The Hall–Kier alpha value is -2.09. The van der Waals surface area contributed by atoms with Crippen molar-refractivity contribution in [1.29, 1.82) is 0 Å². The standard InChI is InChI=1S/C13H18N6OS/c1-3-5-8-6-10(20)18-13(16-8)21-11-7-9(15-4-2)17-12(14)19-11/h6-7H,3-5H2,1-2H3,(H,16,18,20)(H3,14,15,17,19). The average Bonchev–Trinajstić information content (AvgIpc) is 2.37. The average molecular weight is 306 g/mol. The van der Waals surface area contributed by atoms with Crippen molar-refractivity contribution in [3.8, 4) is 0 Å². The Morgan fingerprint density at radius 3 is 2.81 bits per heavy atom. The number of nitrogens with two attached hydrogens (primary N) is 1. The van der Waals surface area contributed by atoms with Gasteiger partial charge in [-0.05, 0) is 25.1 Å². The van der Waals surface area contributed by atoms with Gasteiger partial charge in [0.15, 0.2) is 5.16 Å². The molecule has 0 amide bonds. The Balaban J connectivity index is 2.27. The van der Waals surface area contributed by atoms with Crippen molar-refractivity contribution in [3.63, 3.8) is 0 Å². The second-order valence-corrected chi connectivity index (χ2v) is 5.38. The quantitative estimate of drug-likeness (QED) is 0.550. The molecule has 2 heterocycles. The molecule has 2 rings (SSSR count). The molecule has 112 valence electrons. The highest BCUT2D eigenvalue weighted by atomic mass is 32.2. The molecule has 21 heavy (non-hydrogen) atoms. The minimum absolute atomic E-state index is 0.162. The maximum atomic E-state index is 11.6. The highest BCUT2D eigenvalue weighted by molar-refractivity contribution is 7.99. The third-order valence-corrected chi connectivity index (χ3v) is 3.36. The molecule has 0 atom stereocenters. The van der Waals surface area contributed by atoms with Gasteiger partial charge in [0.1, 0.15) is 10.8 Å². The first kappa shape index (κ1) is 15.3. The maximum Gasteiger partial charge on any atom is 0.251 e. The molecule has 0 unspecified atom stereocenters. The second-order valence-electron chi connectivity index (χ2n) is 4.37. The van der Waals surface area contributed by atoms with Crippen molar-refractivity contribution < 1.29 is 0 Å². The van der Waals surface area contributed by atoms with E-state index >= 15 is 0 Å². The number of H-pyrrole nitrogens is 1. The monoisotopic (exact) mass is 306 g/mol. The number of hydrogen-bond acceptors (Lipinski definition) is 7. The zero-order valence-electron chi connectivity index (χ0n) is 12.0. The highest BCUT2D eigenvalue weighted by Gasteiger charge is 2.07. The van der Waals surface area contributed by atoms with Crippen LogP contribution in [0.3, 0.4) is 0 Å². The predicted molar refractivity (Wildman–Crippen MR) is 83.6 cm³/mol. The van der Waals surface area contributed by atoms with Crippen LogP contribution in [0.1, 0.15) is 26.0 Å². The first-order chi connectivity index (χ1) is 10.1. The van der Waals surface area contributed by atoms with Crippen molar-refractivity contribution >= 4 is 23.5 Å². The van der Waals surface area contributed by atoms with Gasteiger partial charge < -0.3 is 16.0 Å². The fourth-order valence-electron chi connectivity index (χ4n) is 1.78. The number of nitrogen functional groups attached to an aromatic ring is 1. The number of rotatable bonds is 6. The van der Waals surface area contributed by atoms with Crippen molar-refractivity contribution in [3.05, 3.63) is 28.2 Å². The molecule has 4 N–H and O–H groups in total. The lowest BCUT2D eigenvalue weighted by Gasteiger charge is -2.06. The smallest absolute Gasteiger partial charge is 0.251 e. The molecule has 0 radical (unpaired) electrons. The van der Waals surface area contributed by atoms with Crippen molar-refractivity contribution in [2.24, 2.45) is 0 Å². The lowest BCUT2D eigenvalue weighted by Crippen LogP contribution is -2.10. The molecule has 2 aromatic rings. The Morgan fingerprint density at radius 1 is 1.29 bits per heavy atom. The van der Waals surface area contributed by atoms with Crippen LogP contribution in [0, 0.1) is 0 Å². The maximum absolute atomic E-state index is 11.6. The van der Waals surface area contributed by atoms with Crippen LogP contribution < -0.4 is 16.6 Å². The summed E-state index contributed by atoms with van der Waals surface area (Å²) < 4.78 is 0. The molecule has 0 saturated heterocycles. The summed E-state index contributed by atoms with van der Waals surface area (Å²) in [4.78, 5) is 27.0. The predicted octanol–water partition coefficient (Wildman–Crippen LogP) is 1.68. The van der Waals surface area contributed by atoms with E-state index < -0.39 is 0 Å². The van der Waals surface area contributed by atoms with Crippen LogP contribution in [0.4, 0.5) is 11.8 Å². The molecule has 0 spiro atoms. The number of aryl methyl sites for hydroxylation is 1. The van der Waals surface area contributed by atoms with Crippen LogP contribution in [-0.2, 0) is 6.42 Å².